The number of aromatic nitrogens is 1. The maximum atomic E-state index is 5.65. The summed E-state index contributed by atoms with van der Waals surface area (Å²) in [6, 6.07) is 11.5. The number of nitrogens with zero attached hydrogens (tertiary/aromatic N) is 1. The molecule has 1 aromatic carbocycles. The van der Waals surface area contributed by atoms with Gasteiger partial charge in [0.05, 0.1) is 24.6 Å². The van der Waals surface area contributed by atoms with Gasteiger partial charge in [0.25, 0.3) is 0 Å². The molecule has 0 fully saturated rings. The lowest BCUT2D eigenvalue weighted by molar-refractivity contribution is 0.131. The molecular weight excluding hydrogens is 296 g/mol. The Hall–Kier alpha value is -2.73. The van der Waals surface area contributed by atoms with Gasteiger partial charge in [0.15, 0.2) is 17.7 Å². The molecule has 6 nitrogen and oxygen atoms in total. The summed E-state index contributed by atoms with van der Waals surface area (Å²) in [6.07, 6.45) is 3.20. The molecule has 6 heteroatoms. The molecule has 0 saturated heterocycles. The minimum Gasteiger partial charge on any atom is -0.472 e. The van der Waals surface area contributed by atoms with Gasteiger partial charge in [0.1, 0.15) is 6.26 Å². The first-order valence-electron chi connectivity index (χ1n) is 7.37. The van der Waals surface area contributed by atoms with Gasteiger partial charge >= 0.3 is 0 Å². The van der Waals surface area contributed by atoms with Crippen LogP contribution in [-0.2, 0) is 16.1 Å². The molecule has 1 unspecified atom stereocenters. The molecule has 0 saturated carbocycles. The molecule has 0 amide bonds. The fraction of sp³-hybridized carbons (Fsp3) is 0.235. The molecule has 118 valence electrons. The van der Waals surface area contributed by atoms with E-state index in [1.54, 1.807) is 12.5 Å². The number of pyridine rings is 1. The smallest absolute Gasteiger partial charge is 0.231 e. The van der Waals surface area contributed by atoms with Gasteiger partial charge < -0.3 is 24.3 Å². The zero-order valence-electron chi connectivity index (χ0n) is 12.4. The van der Waals surface area contributed by atoms with Crippen molar-refractivity contribution < 1.29 is 18.9 Å². The SMILES string of the molecule is C1=C(COCc2ccccn2)NC(c2ccc3c(c2)OCO3)O1. The van der Waals surface area contributed by atoms with Crippen LogP contribution in [0.15, 0.2) is 54.6 Å². The Labute approximate surface area is 133 Å². The van der Waals surface area contributed by atoms with Gasteiger partial charge in [-0.05, 0) is 30.3 Å². The molecule has 1 N–H and O–H groups in total. The maximum Gasteiger partial charge on any atom is 0.231 e. The van der Waals surface area contributed by atoms with E-state index in [4.69, 9.17) is 18.9 Å². The van der Waals surface area contributed by atoms with Crippen molar-refractivity contribution in [3.63, 3.8) is 0 Å². The number of hydrogen-bond donors (Lipinski definition) is 1. The zero-order chi connectivity index (χ0) is 15.5. The predicted molar refractivity (Wildman–Crippen MR) is 81.5 cm³/mol. The van der Waals surface area contributed by atoms with Crippen molar-refractivity contribution in [3.8, 4) is 11.5 Å². The van der Waals surface area contributed by atoms with Crippen molar-refractivity contribution >= 4 is 0 Å². The van der Waals surface area contributed by atoms with Crippen molar-refractivity contribution in [1.82, 2.24) is 10.3 Å². The van der Waals surface area contributed by atoms with Gasteiger partial charge in [-0.3, -0.25) is 4.98 Å². The van der Waals surface area contributed by atoms with Crippen LogP contribution in [-0.4, -0.2) is 18.4 Å². The highest BCUT2D eigenvalue weighted by Gasteiger charge is 2.22. The van der Waals surface area contributed by atoms with E-state index in [-0.39, 0.29) is 13.0 Å². The van der Waals surface area contributed by atoms with Crippen molar-refractivity contribution in [2.45, 2.75) is 12.8 Å². The molecule has 2 aliphatic heterocycles. The molecule has 3 heterocycles. The molecule has 0 aliphatic carbocycles. The first kappa shape index (κ1) is 13.9. The Balaban J connectivity index is 1.30. The largest absolute Gasteiger partial charge is 0.472 e. The summed E-state index contributed by atoms with van der Waals surface area (Å²) >= 11 is 0. The van der Waals surface area contributed by atoms with Crippen LogP contribution >= 0.6 is 0 Å². The van der Waals surface area contributed by atoms with Crippen LogP contribution in [0.2, 0.25) is 0 Å². The Morgan fingerprint density at radius 1 is 1.13 bits per heavy atom. The topological polar surface area (TPSA) is 61.8 Å². The highest BCUT2D eigenvalue weighted by atomic mass is 16.7. The molecule has 0 spiro atoms. The highest BCUT2D eigenvalue weighted by Crippen LogP contribution is 2.35. The lowest BCUT2D eigenvalue weighted by Crippen LogP contribution is -2.18. The van der Waals surface area contributed by atoms with E-state index in [9.17, 15) is 0 Å². The van der Waals surface area contributed by atoms with E-state index in [0.29, 0.717) is 13.2 Å². The Morgan fingerprint density at radius 2 is 2.09 bits per heavy atom. The van der Waals surface area contributed by atoms with Crippen molar-refractivity contribution in [1.29, 1.82) is 0 Å². The summed E-state index contributed by atoms with van der Waals surface area (Å²) in [7, 11) is 0. The van der Waals surface area contributed by atoms with Crippen molar-refractivity contribution in [3.05, 3.63) is 65.8 Å². The van der Waals surface area contributed by atoms with Crippen molar-refractivity contribution in [2.75, 3.05) is 13.4 Å². The fourth-order valence-electron chi connectivity index (χ4n) is 2.45. The van der Waals surface area contributed by atoms with Crippen LogP contribution < -0.4 is 14.8 Å². The molecule has 1 atom stereocenters. The standard InChI is InChI=1S/C17H16N2O4/c1-2-6-18-13(3-1)8-20-9-14-10-21-17(19-14)12-4-5-15-16(7-12)23-11-22-15/h1-7,10,17,19H,8-9,11H2. The van der Waals surface area contributed by atoms with E-state index in [1.807, 2.05) is 36.4 Å². The number of benzene rings is 1. The van der Waals surface area contributed by atoms with Crippen LogP contribution in [0.1, 0.15) is 17.5 Å². The first-order chi connectivity index (χ1) is 11.4. The monoisotopic (exact) mass is 312 g/mol. The summed E-state index contributed by atoms with van der Waals surface area (Å²) in [5.74, 6) is 1.51. The third-order valence-electron chi connectivity index (χ3n) is 3.60. The van der Waals surface area contributed by atoms with Crippen LogP contribution in [0.25, 0.3) is 0 Å². The first-order valence-corrected chi connectivity index (χ1v) is 7.37. The summed E-state index contributed by atoms with van der Waals surface area (Å²) in [5.41, 5.74) is 2.77. The van der Waals surface area contributed by atoms with Gasteiger partial charge in [-0.2, -0.15) is 0 Å². The van der Waals surface area contributed by atoms with Gasteiger partial charge in [0.2, 0.25) is 6.79 Å². The van der Waals surface area contributed by atoms with E-state index in [2.05, 4.69) is 10.3 Å². The van der Waals surface area contributed by atoms with Crippen molar-refractivity contribution in [2.24, 2.45) is 0 Å². The average Bonchev–Trinajstić information content (AvgIpc) is 3.24. The third-order valence-corrected chi connectivity index (χ3v) is 3.60. The average molecular weight is 312 g/mol. The van der Waals surface area contributed by atoms with E-state index in [1.165, 1.54) is 0 Å². The Bertz CT molecular complexity index is 718. The lowest BCUT2D eigenvalue weighted by atomic mass is 10.2. The fourth-order valence-corrected chi connectivity index (χ4v) is 2.45. The van der Waals surface area contributed by atoms with E-state index < -0.39 is 0 Å². The molecule has 0 bridgehead atoms. The Morgan fingerprint density at radius 3 is 3.00 bits per heavy atom. The number of hydrogen-bond acceptors (Lipinski definition) is 6. The number of ether oxygens (including phenoxy) is 4. The van der Waals surface area contributed by atoms with Gasteiger partial charge in [0, 0.05) is 11.8 Å². The van der Waals surface area contributed by atoms with Crippen LogP contribution in [0.3, 0.4) is 0 Å². The third kappa shape index (κ3) is 3.07. The molecule has 1 aromatic heterocycles. The predicted octanol–water partition coefficient (Wildman–Crippen LogP) is 2.49. The maximum absolute atomic E-state index is 5.65. The molecule has 4 rings (SSSR count). The van der Waals surface area contributed by atoms with Gasteiger partial charge in [-0.1, -0.05) is 6.07 Å². The van der Waals surface area contributed by atoms with Crippen LogP contribution in [0.5, 0.6) is 11.5 Å². The minimum atomic E-state index is -0.238. The molecule has 23 heavy (non-hydrogen) atoms. The lowest BCUT2D eigenvalue weighted by Gasteiger charge is -2.13. The Kier molecular flexibility index (Phi) is 3.73. The molecule has 2 aromatic rings. The second-order valence-corrected chi connectivity index (χ2v) is 5.23. The van der Waals surface area contributed by atoms with E-state index >= 15 is 0 Å². The zero-order valence-corrected chi connectivity index (χ0v) is 12.4. The quantitative estimate of drug-likeness (QED) is 0.915. The summed E-state index contributed by atoms with van der Waals surface area (Å²) in [6.45, 7) is 1.18. The second kappa shape index (κ2) is 6.18. The van der Waals surface area contributed by atoms with Gasteiger partial charge in [-0.25, -0.2) is 0 Å². The molecule has 2 aliphatic rings. The summed E-state index contributed by atoms with van der Waals surface area (Å²) < 4.78 is 22.0. The van der Waals surface area contributed by atoms with Gasteiger partial charge in [-0.15, -0.1) is 0 Å². The normalized spacial score (nSPS) is 18.3. The highest BCUT2D eigenvalue weighted by molar-refractivity contribution is 5.45. The molecule has 0 radical (unpaired) electrons. The van der Waals surface area contributed by atoms with E-state index in [0.717, 1.165) is 28.5 Å². The van der Waals surface area contributed by atoms with Crippen LogP contribution in [0.4, 0.5) is 0 Å². The number of rotatable bonds is 5. The summed E-state index contributed by atoms with van der Waals surface area (Å²) in [4.78, 5) is 4.22. The number of nitrogens with one attached hydrogen (secondary N) is 1. The minimum absolute atomic E-state index is 0.238. The summed E-state index contributed by atoms with van der Waals surface area (Å²) in [5, 5.41) is 3.28. The number of fused-ring (bicyclic) bond motifs is 1. The van der Waals surface area contributed by atoms with Crippen LogP contribution in [0, 0.1) is 0 Å². The second-order valence-electron chi connectivity index (χ2n) is 5.23. The molecular formula is C17H16N2O4.